The number of hydrogen-bond donors (Lipinski definition) is 0. The Morgan fingerprint density at radius 2 is 1.81 bits per heavy atom. The second-order valence-electron chi connectivity index (χ2n) is 6.90. The molecule has 144 valence electrons. The highest BCUT2D eigenvalue weighted by molar-refractivity contribution is 9.10. The van der Waals surface area contributed by atoms with Gasteiger partial charge in [-0.2, -0.15) is 17.0 Å². The van der Waals surface area contributed by atoms with Gasteiger partial charge < -0.3 is 4.90 Å². The molecule has 1 saturated carbocycles. The quantitative estimate of drug-likeness (QED) is 0.712. The number of pyridine rings is 1. The number of carbonyl (C=O) groups is 1. The van der Waals surface area contributed by atoms with E-state index in [1.54, 1.807) is 28.5 Å². The minimum atomic E-state index is -3.47. The van der Waals surface area contributed by atoms with Crippen molar-refractivity contribution < 1.29 is 13.2 Å². The fourth-order valence-corrected chi connectivity index (χ4v) is 5.59. The zero-order chi connectivity index (χ0) is 18.7. The molecule has 0 radical (unpaired) electrons. The Morgan fingerprint density at radius 3 is 2.42 bits per heavy atom. The number of amides is 1. The number of aromatic nitrogens is 1. The van der Waals surface area contributed by atoms with E-state index in [9.17, 15) is 13.2 Å². The zero-order valence-corrected chi connectivity index (χ0v) is 17.4. The van der Waals surface area contributed by atoms with Gasteiger partial charge in [0.1, 0.15) is 0 Å². The molecule has 3 rings (SSSR count). The molecule has 1 aromatic heterocycles. The van der Waals surface area contributed by atoms with E-state index >= 15 is 0 Å². The molecule has 1 amide bonds. The molecule has 1 aromatic rings. The van der Waals surface area contributed by atoms with Gasteiger partial charge in [-0.1, -0.05) is 19.3 Å². The third-order valence-electron chi connectivity index (χ3n) is 5.26. The van der Waals surface area contributed by atoms with Crippen LogP contribution in [-0.4, -0.2) is 72.1 Å². The Hall–Kier alpha value is -1.03. The first kappa shape index (κ1) is 19.7. The summed E-state index contributed by atoms with van der Waals surface area (Å²) >= 11 is 3.32. The smallest absolute Gasteiger partial charge is 0.282 e. The SMILES string of the molecule is CN(C1CCCCC1)S(=O)(=O)N1CCN(C(=O)c2cncc(Br)c2)CC1. The first-order chi connectivity index (χ1) is 12.4. The molecule has 26 heavy (non-hydrogen) atoms. The predicted octanol–water partition coefficient (Wildman–Crippen LogP) is 2.11. The van der Waals surface area contributed by atoms with Crippen LogP contribution in [0.2, 0.25) is 0 Å². The maximum absolute atomic E-state index is 12.9. The molecule has 1 aliphatic carbocycles. The summed E-state index contributed by atoms with van der Waals surface area (Å²) in [4.78, 5) is 18.3. The van der Waals surface area contributed by atoms with Gasteiger partial charge in [-0.25, -0.2) is 0 Å². The second kappa shape index (κ2) is 8.33. The topological polar surface area (TPSA) is 73.8 Å². The summed E-state index contributed by atoms with van der Waals surface area (Å²) in [6, 6.07) is 1.83. The molecule has 0 bridgehead atoms. The van der Waals surface area contributed by atoms with Crippen molar-refractivity contribution in [3.05, 3.63) is 28.5 Å². The van der Waals surface area contributed by atoms with Crippen LogP contribution >= 0.6 is 15.9 Å². The van der Waals surface area contributed by atoms with Gasteiger partial charge in [0.25, 0.3) is 16.1 Å². The van der Waals surface area contributed by atoms with E-state index in [2.05, 4.69) is 20.9 Å². The number of nitrogens with zero attached hydrogens (tertiary/aromatic N) is 4. The molecule has 0 atom stereocenters. The number of hydrogen-bond acceptors (Lipinski definition) is 4. The average molecular weight is 445 g/mol. The minimum absolute atomic E-state index is 0.0983. The van der Waals surface area contributed by atoms with E-state index in [4.69, 9.17) is 0 Å². The Labute approximate surface area is 163 Å². The highest BCUT2D eigenvalue weighted by Gasteiger charge is 2.35. The Morgan fingerprint density at radius 1 is 1.15 bits per heavy atom. The molecule has 1 saturated heterocycles. The van der Waals surface area contributed by atoms with Crippen molar-refractivity contribution in [1.82, 2.24) is 18.5 Å². The fraction of sp³-hybridized carbons (Fsp3) is 0.647. The monoisotopic (exact) mass is 444 g/mol. The highest BCUT2D eigenvalue weighted by Crippen LogP contribution is 2.25. The number of piperazine rings is 1. The lowest BCUT2D eigenvalue weighted by atomic mass is 9.96. The summed E-state index contributed by atoms with van der Waals surface area (Å²) in [5.74, 6) is -0.114. The summed E-state index contributed by atoms with van der Waals surface area (Å²) < 4.78 is 29.6. The van der Waals surface area contributed by atoms with Crippen LogP contribution in [0.1, 0.15) is 42.5 Å². The lowest BCUT2D eigenvalue weighted by Gasteiger charge is -2.38. The van der Waals surface area contributed by atoms with Gasteiger partial charge in [-0.3, -0.25) is 9.78 Å². The van der Waals surface area contributed by atoms with Crippen LogP contribution in [0.4, 0.5) is 0 Å². The van der Waals surface area contributed by atoms with Crippen molar-refractivity contribution in [3.8, 4) is 0 Å². The van der Waals surface area contributed by atoms with Crippen LogP contribution in [0.5, 0.6) is 0 Å². The molecule has 9 heteroatoms. The maximum atomic E-state index is 12.9. The normalized spacial score (nSPS) is 20.5. The molecular weight excluding hydrogens is 420 g/mol. The average Bonchev–Trinajstić information content (AvgIpc) is 2.67. The molecular formula is C17H25BrN4O3S. The van der Waals surface area contributed by atoms with Gasteiger partial charge in [0, 0.05) is 56.1 Å². The van der Waals surface area contributed by atoms with Crippen molar-refractivity contribution in [2.75, 3.05) is 33.2 Å². The van der Waals surface area contributed by atoms with Crippen LogP contribution in [0.15, 0.2) is 22.9 Å². The fourth-order valence-electron chi connectivity index (χ4n) is 3.65. The Balaban J connectivity index is 1.61. The standard InChI is InChI=1S/C17H25BrN4O3S/c1-20(16-5-3-2-4-6-16)26(24,25)22-9-7-21(8-10-22)17(23)14-11-15(18)13-19-12-14/h11-13,16H,2-10H2,1H3. The first-order valence-electron chi connectivity index (χ1n) is 9.02. The van der Waals surface area contributed by atoms with E-state index in [1.165, 1.54) is 16.9 Å². The van der Waals surface area contributed by atoms with Crippen LogP contribution in [0, 0.1) is 0 Å². The van der Waals surface area contributed by atoms with Gasteiger partial charge >= 0.3 is 0 Å². The molecule has 2 fully saturated rings. The third-order valence-corrected chi connectivity index (χ3v) is 7.73. The summed E-state index contributed by atoms with van der Waals surface area (Å²) in [6.07, 6.45) is 8.40. The lowest BCUT2D eigenvalue weighted by molar-refractivity contribution is 0.0692. The Kier molecular flexibility index (Phi) is 6.32. The summed E-state index contributed by atoms with van der Waals surface area (Å²) in [6.45, 7) is 1.44. The van der Waals surface area contributed by atoms with Crippen LogP contribution in [0.3, 0.4) is 0 Å². The molecule has 7 nitrogen and oxygen atoms in total. The van der Waals surface area contributed by atoms with E-state index < -0.39 is 10.2 Å². The molecule has 1 aliphatic heterocycles. The van der Waals surface area contributed by atoms with E-state index in [-0.39, 0.29) is 11.9 Å². The van der Waals surface area contributed by atoms with Crippen molar-refractivity contribution in [2.45, 2.75) is 38.1 Å². The van der Waals surface area contributed by atoms with Crippen LogP contribution < -0.4 is 0 Å². The first-order valence-corrected chi connectivity index (χ1v) is 11.2. The van der Waals surface area contributed by atoms with Crippen molar-refractivity contribution in [3.63, 3.8) is 0 Å². The van der Waals surface area contributed by atoms with E-state index in [0.29, 0.717) is 31.7 Å². The summed E-state index contributed by atoms with van der Waals surface area (Å²) in [5.41, 5.74) is 0.509. The van der Waals surface area contributed by atoms with Gasteiger partial charge in [0.15, 0.2) is 0 Å². The molecule has 0 spiro atoms. The van der Waals surface area contributed by atoms with E-state index in [0.717, 1.165) is 30.2 Å². The molecule has 2 aliphatic rings. The van der Waals surface area contributed by atoms with Crippen molar-refractivity contribution in [2.24, 2.45) is 0 Å². The van der Waals surface area contributed by atoms with Crippen LogP contribution in [-0.2, 0) is 10.2 Å². The largest absolute Gasteiger partial charge is 0.336 e. The zero-order valence-electron chi connectivity index (χ0n) is 15.0. The van der Waals surface area contributed by atoms with Gasteiger partial charge in [-0.05, 0) is 34.8 Å². The lowest BCUT2D eigenvalue weighted by Crippen LogP contribution is -2.55. The van der Waals surface area contributed by atoms with Gasteiger partial charge in [0.05, 0.1) is 5.56 Å². The molecule has 0 unspecified atom stereocenters. The third kappa shape index (κ3) is 4.27. The van der Waals surface area contributed by atoms with Crippen molar-refractivity contribution >= 4 is 32.0 Å². The van der Waals surface area contributed by atoms with Gasteiger partial charge in [0.2, 0.25) is 0 Å². The predicted molar refractivity (Wildman–Crippen MR) is 103 cm³/mol. The summed E-state index contributed by atoms with van der Waals surface area (Å²) in [5, 5.41) is 0. The van der Waals surface area contributed by atoms with Crippen molar-refractivity contribution in [1.29, 1.82) is 0 Å². The maximum Gasteiger partial charge on any atom is 0.282 e. The number of rotatable bonds is 4. The summed E-state index contributed by atoms with van der Waals surface area (Å²) in [7, 11) is -1.78. The molecule has 0 aromatic carbocycles. The number of halogens is 1. The second-order valence-corrected chi connectivity index (χ2v) is 9.80. The molecule has 2 heterocycles. The number of carbonyl (C=O) groups excluding carboxylic acids is 1. The minimum Gasteiger partial charge on any atom is -0.336 e. The van der Waals surface area contributed by atoms with E-state index in [1.807, 2.05) is 0 Å². The molecule has 0 N–H and O–H groups in total. The Bertz CT molecular complexity index is 744. The van der Waals surface area contributed by atoms with Gasteiger partial charge in [-0.15, -0.1) is 0 Å². The van der Waals surface area contributed by atoms with Crippen LogP contribution in [0.25, 0.3) is 0 Å². The highest BCUT2D eigenvalue weighted by atomic mass is 79.9.